The van der Waals surface area contributed by atoms with Gasteiger partial charge in [0.15, 0.2) is 0 Å². The topological polar surface area (TPSA) is 69.2 Å². The van der Waals surface area contributed by atoms with Gasteiger partial charge < -0.3 is 0 Å². The summed E-state index contributed by atoms with van der Waals surface area (Å²) in [5, 5.41) is 0. The van der Waals surface area contributed by atoms with E-state index in [0.717, 1.165) is 6.66 Å². The molecule has 0 unspecified atom stereocenters. The van der Waals surface area contributed by atoms with Crippen LogP contribution >= 0.6 is 7.28 Å². The van der Waals surface area contributed by atoms with Gasteiger partial charge in [-0.3, -0.25) is 0 Å². The second-order valence-corrected chi connectivity index (χ2v) is 5.37. The first-order chi connectivity index (χ1) is 2.81. The maximum absolute atomic E-state index is 10.1. The Bertz CT molecular complexity index is 67.1. The van der Waals surface area contributed by atoms with Gasteiger partial charge in [0.05, 0.1) is 0 Å². The average Bonchev–Trinajstić information content (AvgIpc) is 1.32. The van der Waals surface area contributed by atoms with Crippen molar-refractivity contribution in [1.29, 1.82) is 0 Å². The van der Waals surface area contributed by atoms with Gasteiger partial charge in [0.25, 0.3) is 0 Å². The molecule has 0 aliphatic carbocycles. The molecule has 0 N–H and O–H groups in total. The normalized spacial score (nSPS) is 15.9. The quantitative estimate of drug-likeness (QED) is 0.310. The van der Waals surface area contributed by atoms with Crippen molar-refractivity contribution in [1.82, 2.24) is 0 Å². The molecule has 0 fully saturated rings. The summed E-state index contributed by atoms with van der Waals surface area (Å²) in [7, 11) is -4.83. The minimum atomic E-state index is -4.83. The summed E-state index contributed by atoms with van der Waals surface area (Å²) < 4.78 is 0. The molecule has 8 heavy (non-hydrogen) atoms. The fourth-order valence-corrected chi connectivity index (χ4v) is 0. The summed E-state index contributed by atoms with van der Waals surface area (Å²) in [4.78, 5) is 30.2. The summed E-state index contributed by atoms with van der Waals surface area (Å²) in [5.74, 6) is 0. The third-order valence-electron chi connectivity index (χ3n) is 0.704. The van der Waals surface area contributed by atoms with E-state index < -0.39 is 7.28 Å². The zero-order chi connectivity index (χ0) is 6.15. The Morgan fingerprint density at radius 1 is 1.25 bits per heavy atom. The molecule has 3 nitrogen and oxygen atoms in total. The predicted octanol–water partition coefficient (Wildman–Crippen LogP) is -2.37. The Hall–Kier alpha value is 0.842. The first kappa shape index (κ1) is 11.6. The van der Waals surface area contributed by atoms with E-state index in [4.69, 9.17) is 0 Å². The van der Waals surface area contributed by atoms with Crippen LogP contribution in [0, 0.1) is 0 Å². The zero-order valence-electron chi connectivity index (χ0n) is 4.96. The standard InChI is InChI=1S/C3H8O3P.Al/c1-3-7(2,4,5)6;/h3H2,1-2H3;/q-3;+3. The Morgan fingerprint density at radius 2 is 1.38 bits per heavy atom. The monoisotopic (exact) mass is 150 g/mol. The molecule has 0 aromatic heterocycles. The van der Waals surface area contributed by atoms with Crippen LogP contribution in [-0.2, 0) is 0 Å². The first-order valence-electron chi connectivity index (χ1n) is 2.02. The van der Waals surface area contributed by atoms with E-state index in [2.05, 4.69) is 0 Å². The van der Waals surface area contributed by atoms with E-state index in [0.29, 0.717) is 0 Å². The van der Waals surface area contributed by atoms with Crippen LogP contribution in [0.3, 0.4) is 0 Å². The molecule has 0 saturated carbocycles. The van der Waals surface area contributed by atoms with Crippen molar-refractivity contribution >= 4 is 24.6 Å². The van der Waals surface area contributed by atoms with Crippen LogP contribution in [0.4, 0.5) is 0 Å². The zero-order valence-corrected chi connectivity index (χ0v) is 7.01. The van der Waals surface area contributed by atoms with Crippen molar-refractivity contribution < 1.29 is 14.7 Å². The van der Waals surface area contributed by atoms with Gasteiger partial charge in [-0.25, -0.2) is 0 Å². The Morgan fingerprint density at radius 3 is 1.38 bits per heavy atom. The Balaban J connectivity index is 0. The van der Waals surface area contributed by atoms with E-state index in [1.54, 1.807) is 0 Å². The molecule has 0 bridgehead atoms. The Labute approximate surface area is 59.7 Å². The summed E-state index contributed by atoms with van der Waals surface area (Å²) in [6.45, 7) is 2.07. The van der Waals surface area contributed by atoms with Crippen LogP contribution in [0.5, 0.6) is 0 Å². The molecular weight excluding hydrogens is 142 g/mol. The fraction of sp³-hybridized carbons (Fsp3) is 1.00. The van der Waals surface area contributed by atoms with Crippen LogP contribution in [-0.4, -0.2) is 30.2 Å². The molecular formula is C3H8AlO3P. The maximum Gasteiger partial charge on any atom is 3.00 e. The summed E-state index contributed by atoms with van der Waals surface area (Å²) in [6.07, 6.45) is -0.300. The molecule has 0 saturated heterocycles. The smallest absolute Gasteiger partial charge is 3.00 e. The number of hydrogen-bond donors (Lipinski definition) is 0. The summed E-state index contributed by atoms with van der Waals surface area (Å²) in [6, 6.07) is 0. The largest absolute Gasteiger partial charge is 3.00 e. The number of rotatable bonds is 1. The second-order valence-electron chi connectivity index (χ2n) is 1.79. The molecule has 0 rings (SSSR count). The van der Waals surface area contributed by atoms with Crippen molar-refractivity contribution in [2.45, 2.75) is 6.92 Å². The van der Waals surface area contributed by atoms with Crippen molar-refractivity contribution in [2.24, 2.45) is 0 Å². The molecule has 0 aromatic rings. The van der Waals surface area contributed by atoms with Gasteiger partial charge in [0.2, 0.25) is 0 Å². The van der Waals surface area contributed by atoms with Crippen LogP contribution in [0.1, 0.15) is 6.92 Å². The van der Waals surface area contributed by atoms with Gasteiger partial charge in [0.1, 0.15) is 0 Å². The van der Waals surface area contributed by atoms with Crippen LogP contribution < -0.4 is 14.7 Å². The Kier molecular flexibility index (Phi) is 3.80. The molecule has 46 valence electrons. The molecule has 0 heterocycles. The first-order valence-corrected chi connectivity index (χ1v) is 4.64. The molecule has 0 aliphatic rings. The van der Waals surface area contributed by atoms with Gasteiger partial charge in [-0.15, -0.1) is 0 Å². The molecule has 0 aliphatic heterocycles. The molecule has 0 amide bonds. The SMILES string of the molecule is CCP(C)([O-])([O-])[O-].[Al+3]. The summed E-state index contributed by atoms with van der Waals surface area (Å²) in [5.41, 5.74) is 0. The molecule has 0 aromatic carbocycles. The van der Waals surface area contributed by atoms with Crippen molar-refractivity contribution in [3.8, 4) is 0 Å². The molecule has 0 spiro atoms. The van der Waals surface area contributed by atoms with E-state index in [1.165, 1.54) is 6.92 Å². The molecule has 0 radical (unpaired) electrons. The van der Waals surface area contributed by atoms with Crippen molar-refractivity contribution in [2.75, 3.05) is 12.8 Å². The maximum atomic E-state index is 10.1. The van der Waals surface area contributed by atoms with Crippen LogP contribution in [0.2, 0.25) is 0 Å². The minimum Gasteiger partial charge on any atom is 3.00 e. The van der Waals surface area contributed by atoms with E-state index in [-0.39, 0.29) is 23.5 Å². The van der Waals surface area contributed by atoms with Crippen molar-refractivity contribution in [3.63, 3.8) is 0 Å². The van der Waals surface area contributed by atoms with Gasteiger partial charge in [-0.05, 0) is 0 Å². The molecule has 0 atom stereocenters. The summed E-state index contributed by atoms with van der Waals surface area (Å²) >= 11 is 0. The van der Waals surface area contributed by atoms with Gasteiger partial charge in [0, 0.05) is 0 Å². The third kappa shape index (κ3) is 9.96. The van der Waals surface area contributed by atoms with Gasteiger partial charge in [-0.1, -0.05) is 0 Å². The van der Waals surface area contributed by atoms with Crippen LogP contribution in [0.15, 0.2) is 0 Å². The third-order valence-corrected chi connectivity index (χ3v) is 2.11. The van der Waals surface area contributed by atoms with E-state index >= 15 is 0 Å². The average molecular weight is 150 g/mol. The second kappa shape index (κ2) is 2.62. The van der Waals surface area contributed by atoms with Gasteiger partial charge in [-0.2, -0.15) is 0 Å². The minimum absolute atomic E-state index is 0. The van der Waals surface area contributed by atoms with Gasteiger partial charge >= 0.3 is 59.1 Å². The van der Waals surface area contributed by atoms with Crippen molar-refractivity contribution in [3.05, 3.63) is 0 Å². The molecule has 5 heteroatoms. The fourth-order valence-electron chi connectivity index (χ4n) is 0. The van der Waals surface area contributed by atoms with E-state index in [9.17, 15) is 14.7 Å². The predicted molar refractivity (Wildman–Crippen MR) is 29.1 cm³/mol. The van der Waals surface area contributed by atoms with Crippen LogP contribution in [0.25, 0.3) is 0 Å². The number of hydrogen-bond acceptors (Lipinski definition) is 3. The van der Waals surface area contributed by atoms with E-state index in [1.807, 2.05) is 0 Å².